The van der Waals surface area contributed by atoms with Crippen LogP contribution in [0.4, 0.5) is 0 Å². The van der Waals surface area contributed by atoms with Crippen molar-refractivity contribution in [3.63, 3.8) is 0 Å². The molecule has 1 unspecified atom stereocenters. The lowest BCUT2D eigenvalue weighted by atomic mass is 10.1. The van der Waals surface area contributed by atoms with Gasteiger partial charge in [0.1, 0.15) is 11.5 Å². The molecule has 0 aromatic heterocycles. The van der Waals surface area contributed by atoms with Gasteiger partial charge in [-0.3, -0.25) is 0 Å². The van der Waals surface area contributed by atoms with Crippen molar-refractivity contribution < 1.29 is 9.47 Å². The van der Waals surface area contributed by atoms with Crippen molar-refractivity contribution in [1.82, 2.24) is 5.32 Å². The Morgan fingerprint density at radius 3 is 2.10 bits per heavy atom. The number of rotatable bonds is 7. The first-order valence-electron chi connectivity index (χ1n) is 6.86. The minimum atomic E-state index is 0.154. The molecule has 0 amide bonds. The molecule has 4 heteroatoms. The van der Waals surface area contributed by atoms with Gasteiger partial charge in [-0.25, -0.2) is 0 Å². The Morgan fingerprint density at radius 2 is 1.57 bits per heavy atom. The smallest absolute Gasteiger partial charge is 0.127 e. The topological polar surface area (TPSA) is 30.5 Å². The second kappa shape index (κ2) is 7.96. The molecular weight excluding hydrogens is 282 g/mol. The summed E-state index contributed by atoms with van der Waals surface area (Å²) in [4.78, 5) is 1.26. The normalized spacial score (nSPS) is 12.0. The highest BCUT2D eigenvalue weighted by molar-refractivity contribution is 7.99. The van der Waals surface area contributed by atoms with Gasteiger partial charge < -0.3 is 14.8 Å². The SMILES string of the molecule is CNC(CSc1ccccc1)c1c(OC)cccc1OC. The van der Waals surface area contributed by atoms with Crippen molar-refractivity contribution in [2.24, 2.45) is 0 Å². The molecule has 0 aliphatic heterocycles. The average Bonchev–Trinajstić information content (AvgIpc) is 2.56. The van der Waals surface area contributed by atoms with Gasteiger partial charge in [-0.2, -0.15) is 0 Å². The summed E-state index contributed by atoms with van der Waals surface area (Å²) in [6, 6.07) is 16.4. The van der Waals surface area contributed by atoms with Crippen LogP contribution in [0.2, 0.25) is 0 Å². The van der Waals surface area contributed by atoms with E-state index in [1.807, 2.05) is 43.1 Å². The number of hydrogen-bond donors (Lipinski definition) is 1. The van der Waals surface area contributed by atoms with Crippen LogP contribution >= 0.6 is 11.8 Å². The van der Waals surface area contributed by atoms with E-state index in [1.54, 1.807) is 14.2 Å². The Labute approximate surface area is 130 Å². The first-order chi connectivity index (χ1) is 10.3. The van der Waals surface area contributed by atoms with E-state index in [2.05, 4.69) is 29.6 Å². The summed E-state index contributed by atoms with van der Waals surface area (Å²) in [5.74, 6) is 2.60. The van der Waals surface area contributed by atoms with E-state index in [0.717, 1.165) is 22.8 Å². The molecule has 0 fully saturated rings. The maximum atomic E-state index is 5.49. The van der Waals surface area contributed by atoms with Gasteiger partial charge in [-0.05, 0) is 31.3 Å². The Hall–Kier alpha value is -1.65. The van der Waals surface area contributed by atoms with Crippen LogP contribution in [0.1, 0.15) is 11.6 Å². The third-order valence-electron chi connectivity index (χ3n) is 3.32. The predicted molar refractivity (Wildman–Crippen MR) is 88.5 cm³/mol. The maximum Gasteiger partial charge on any atom is 0.127 e. The molecule has 21 heavy (non-hydrogen) atoms. The monoisotopic (exact) mass is 303 g/mol. The molecule has 0 heterocycles. The van der Waals surface area contributed by atoms with Gasteiger partial charge in [-0.15, -0.1) is 11.8 Å². The zero-order valence-electron chi connectivity index (χ0n) is 12.6. The lowest BCUT2D eigenvalue weighted by molar-refractivity contribution is 0.377. The van der Waals surface area contributed by atoms with E-state index in [4.69, 9.17) is 9.47 Å². The summed E-state index contributed by atoms with van der Waals surface area (Å²) in [7, 11) is 5.34. The Bertz CT molecular complexity index is 538. The van der Waals surface area contributed by atoms with Crippen LogP contribution in [0.5, 0.6) is 11.5 Å². The molecule has 0 aliphatic carbocycles. The molecule has 3 nitrogen and oxygen atoms in total. The van der Waals surface area contributed by atoms with Crippen LogP contribution in [0, 0.1) is 0 Å². The maximum absolute atomic E-state index is 5.49. The predicted octanol–water partition coefficient (Wildman–Crippen LogP) is 3.76. The zero-order valence-corrected chi connectivity index (χ0v) is 13.4. The number of methoxy groups -OCH3 is 2. The highest BCUT2D eigenvalue weighted by Crippen LogP contribution is 2.36. The number of thioether (sulfide) groups is 1. The fourth-order valence-electron chi connectivity index (χ4n) is 2.23. The lowest BCUT2D eigenvalue weighted by Gasteiger charge is -2.21. The van der Waals surface area contributed by atoms with Crippen molar-refractivity contribution in [2.75, 3.05) is 27.0 Å². The van der Waals surface area contributed by atoms with Crippen LogP contribution in [0.15, 0.2) is 53.4 Å². The van der Waals surface area contributed by atoms with E-state index in [0.29, 0.717) is 0 Å². The number of nitrogens with one attached hydrogen (secondary N) is 1. The lowest BCUT2D eigenvalue weighted by Crippen LogP contribution is -2.20. The van der Waals surface area contributed by atoms with Gasteiger partial charge in [0.15, 0.2) is 0 Å². The van der Waals surface area contributed by atoms with Gasteiger partial charge in [0.05, 0.1) is 19.8 Å². The van der Waals surface area contributed by atoms with Crippen molar-refractivity contribution in [2.45, 2.75) is 10.9 Å². The Balaban J connectivity index is 2.21. The van der Waals surface area contributed by atoms with Crippen molar-refractivity contribution in [3.8, 4) is 11.5 Å². The summed E-state index contributed by atoms with van der Waals surface area (Å²) >= 11 is 1.81. The second-order valence-electron chi connectivity index (χ2n) is 4.54. The molecule has 2 rings (SSSR count). The summed E-state index contributed by atoms with van der Waals surface area (Å²) in [6.07, 6.45) is 0. The molecule has 0 radical (unpaired) electrons. The third kappa shape index (κ3) is 3.93. The van der Waals surface area contributed by atoms with Crippen LogP contribution in [0.3, 0.4) is 0 Å². The zero-order chi connectivity index (χ0) is 15.1. The van der Waals surface area contributed by atoms with Crippen LogP contribution in [0.25, 0.3) is 0 Å². The quantitative estimate of drug-likeness (QED) is 0.789. The third-order valence-corrected chi connectivity index (χ3v) is 4.43. The molecule has 1 N–H and O–H groups in total. The average molecular weight is 303 g/mol. The van der Waals surface area contributed by atoms with Gasteiger partial charge in [-0.1, -0.05) is 24.3 Å². The number of benzene rings is 2. The van der Waals surface area contributed by atoms with Gasteiger partial charge >= 0.3 is 0 Å². The Kier molecular flexibility index (Phi) is 5.96. The number of ether oxygens (including phenoxy) is 2. The van der Waals surface area contributed by atoms with E-state index in [1.165, 1.54) is 4.90 Å². The van der Waals surface area contributed by atoms with E-state index < -0.39 is 0 Å². The largest absolute Gasteiger partial charge is 0.496 e. The van der Waals surface area contributed by atoms with Crippen molar-refractivity contribution >= 4 is 11.8 Å². The van der Waals surface area contributed by atoms with Crippen LogP contribution in [-0.4, -0.2) is 27.0 Å². The number of hydrogen-bond acceptors (Lipinski definition) is 4. The molecule has 112 valence electrons. The van der Waals surface area contributed by atoms with Crippen LogP contribution in [-0.2, 0) is 0 Å². The fourth-order valence-corrected chi connectivity index (χ4v) is 3.27. The highest BCUT2D eigenvalue weighted by Gasteiger charge is 2.19. The summed E-state index contributed by atoms with van der Waals surface area (Å²) < 4.78 is 11.0. The molecule has 0 spiro atoms. The van der Waals surface area contributed by atoms with E-state index in [-0.39, 0.29) is 6.04 Å². The first kappa shape index (κ1) is 15.7. The summed E-state index contributed by atoms with van der Waals surface area (Å²) in [5.41, 5.74) is 1.06. The molecular formula is C17H21NO2S. The van der Waals surface area contributed by atoms with Crippen molar-refractivity contribution in [1.29, 1.82) is 0 Å². The molecule has 2 aromatic rings. The molecule has 0 saturated carbocycles. The molecule has 1 atom stereocenters. The van der Waals surface area contributed by atoms with Gasteiger partial charge in [0.2, 0.25) is 0 Å². The van der Waals surface area contributed by atoms with Crippen molar-refractivity contribution in [3.05, 3.63) is 54.1 Å². The van der Waals surface area contributed by atoms with Crippen LogP contribution < -0.4 is 14.8 Å². The second-order valence-corrected chi connectivity index (χ2v) is 5.63. The van der Waals surface area contributed by atoms with E-state index in [9.17, 15) is 0 Å². The van der Waals surface area contributed by atoms with Gasteiger partial charge in [0.25, 0.3) is 0 Å². The van der Waals surface area contributed by atoms with E-state index >= 15 is 0 Å². The molecule has 0 saturated heterocycles. The summed E-state index contributed by atoms with van der Waals surface area (Å²) in [6.45, 7) is 0. The van der Waals surface area contributed by atoms with Gasteiger partial charge in [0, 0.05) is 16.7 Å². The first-order valence-corrected chi connectivity index (χ1v) is 7.84. The minimum absolute atomic E-state index is 0.154. The fraction of sp³-hybridized carbons (Fsp3) is 0.294. The molecule has 2 aromatic carbocycles. The molecule has 0 bridgehead atoms. The molecule has 0 aliphatic rings. The standard InChI is InChI=1S/C17H21NO2S/c1-18-14(12-21-13-8-5-4-6-9-13)17-15(19-2)10-7-11-16(17)20-3/h4-11,14,18H,12H2,1-3H3. The minimum Gasteiger partial charge on any atom is -0.496 e. The summed E-state index contributed by atoms with van der Waals surface area (Å²) in [5, 5.41) is 3.36. The Morgan fingerprint density at radius 1 is 0.952 bits per heavy atom. The highest BCUT2D eigenvalue weighted by atomic mass is 32.2.